The lowest BCUT2D eigenvalue weighted by Crippen LogP contribution is -2.33. The van der Waals surface area contributed by atoms with E-state index in [2.05, 4.69) is 4.18 Å². The van der Waals surface area contributed by atoms with E-state index in [4.69, 9.17) is 0 Å². The number of hydrogen-bond acceptors (Lipinski definition) is 4. The molecule has 4 aromatic rings. The van der Waals surface area contributed by atoms with E-state index in [1.807, 2.05) is 0 Å². The Morgan fingerprint density at radius 1 is 0.886 bits per heavy atom. The number of halogens is 8. The van der Waals surface area contributed by atoms with Crippen LogP contribution in [0.4, 0.5) is 39.9 Å². The Hall–Kier alpha value is -4.60. The quantitative estimate of drug-likeness (QED) is 0.108. The largest absolute Gasteiger partial charge is 0.465 e. The Labute approximate surface area is 243 Å². The third-order valence-corrected chi connectivity index (χ3v) is 8.29. The first-order valence-corrected chi connectivity index (χ1v) is 13.9. The van der Waals surface area contributed by atoms with Crippen LogP contribution >= 0.6 is 0 Å². The predicted molar refractivity (Wildman–Crippen MR) is 140 cm³/mol. The highest BCUT2D eigenvalue weighted by Crippen LogP contribution is 2.41. The van der Waals surface area contributed by atoms with Crippen molar-refractivity contribution >= 4 is 32.7 Å². The van der Waals surface area contributed by atoms with Crippen molar-refractivity contribution in [1.29, 1.82) is 0 Å². The summed E-state index contributed by atoms with van der Waals surface area (Å²) in [4.78, 5) is 11.7. The van der Waals surface area contributed by atoms with Crippen molar-refractivity contribution in [2.75, 3.05) is 13.1 Å². The second-order valence-corrected chi connectivity index (χ2v) is 11.3. The normalized spacial score (nSPS) is 14.2. The third kappa shape index (κ3) is 5.33. The fraction of sp³-hybridized carbons (Fsp3) is 0.179. The van der Waals surface area contributed by atoms with Gasteiger partial charge >= 0.3 is 22.4 Å². The molecule has 1 N–H and O–H groups in total. The van der Waals surface area contributed by atoms with Crippen LogP contribution in [0.15, 0.2) is 53.6 Å². The van der Waals surface area contributed by atoms with E-state index in [0.29, 0.717) is 22.1 Å². The monoisotopic (exact) mass is 646 g/mol. The first kappa shape index (κ1) is 30.8. The van der Waals surface area contributed by atoms with Crippen molar-refractivity contribution < 1.29 is 57.6 Å². The van der Waals surface area contributed by atoms with E-state index in [1.54, 1.807) is 0 Å². The van der Waals surface area contributed by atoms with E-state index < -0.39 is 67.7 Å². The first-order valence-electron chi connectivity index (χ1n) is 12.4. The van der Waals surface area contributed by atoms with E-state index in [9.17, 15) is 53.4 Å². The van der Waals surface area contributed by atoms with Crippen molar-refractivity contribution in [3.8, 4) is 16.9 Å². The number of carbonyl (C=O) groups is 1. The number of alkyl halides is 3. The van der Waals surface area contributed by atoms with Crippen LogP contribution in [0.2, 0.25) is 0 Å². The molecule has 1 aliphatic rings. The molecular weight excluding hydrogens is 628 g/mol. The summed E-state index contributed by atoms with van der Waals surface area (Å²) >= 11 is 0. The van der Waals surface area contributed by atoms with Crippen molar-refractivity contribution in [1.82, 2.24) is 9.47 Å². The van der Waals surface area contributed by atoms with Gasteiger partial charge in [0.15, 0.2) is 0 Å². The van der Waals surface area contributed by atoms with Gasteiger partial charge in [-0.25, -0.2) is 18.0 Å². The number of amides is 1. The smallest absolute Gasteiger partial charge is 0.416 e. The van der Waals surface area contributed by atoms with Gasteiger partial charge in [0.25, 0.3) is 0 Å². The topological polar surface area (TPSA) is 88.8 Å². The molecule has 0 radical (unpaired) electrons. The maximum absolute atomic E-state index is 14.1. The van der Waals surface area contributed by atoms with Crippen LogP contribution in [0.3, 0.4) is 0 Å². The molecule has 0 saturated heterocycles. The maximum Gasteiger partial charge on any atom is 0.416 e. The highest BCUT2D eigenvalue weighted by Gasteiger charge is 2.33. The van der Waals surface area contributed by atoms with Gasteiger partial charge in [0, 0.05) is 42.8 Å². The standard InChI is InChI=1S/C28H18F8N2O5S/c1-37-12-19(16-4-2-14(28(34,35)36)10-18(16)13-6-8-38(9-7-13)27(39)40)17-5-3-15(11-20(17)37)44(41,42)43-26-24(32)22(30)21(29)23(31)25(26)33/h2-6,10-12H,7-9H2,1H3,(H,39,40). The average Bonchev–Trinajstić information content (AvgIpc) is 3.32. The number of benzene rings is 3. The van der Waals surface area contributed by atoms with Gasteiger partial charge < -0.3 is 18.8 Å². The molecule has 3 aromatic carbocycles. The number of nitrogens with zero attached hydrogens (tertiary/aromatic N) is 2. The van der Waals surface area contributed by atoms with Crippen molar-refractivity contribution in [2.45, 2.75) is 17.5 Å². The van der Waals surface area contributed by atoms with Gasteiger partial charge in [0.1, 0.15) is 4.90 Å². The predicted octanol–water partition coefficient (Wildman–Crippen LogP) is 7.09. The Morgan fingerprint density at radius 2 is 1.52 bits per heavy atom. The average molecular weight is 647 g/mol. The van der Waals surface area contributed by atoms with Crippen LogP contribution in [-0.4, -0.2) is 42.2 Å². The molecule has 0 unspecified atom stereocenters. The molecule has 0 atom stereocenters. The molecule has 0 bridgehead atoms. The van der Waals surface area contributed by atoms with Gasteiger partial charge in [0.2, 0.25) is 34.8 Å². The lowest BCUT2D eigenvalue weighted by Gasteiger charge is -2.25. The van der Waals surface area contributed by atoms with E-state index in [1.165, 1.54) is 36.0 Å². The minimum Gasteiger partial charge on any atom is -0.465 e. The lowest BCUT2D eigenvalue weighted by molar-refractivity contribution is -0.137. The molecule has 0 aliphatic carbocycles. The van der Waals surface area contributed by atoms with E-state index in [-0.39, 0.29) is 30.6 Å². The third-order valence-electron chi connectivity index (χ3n) is 7.08. The van der Waals surface area contributed by atoms with Gasteiger partial charge in [-0.3, -0.25) is 0 Å². The van der Waals surface area contributed by atoms with Crippen LogP contribution in [0.1, 0.15) is 17.5 Å². The zero-order valence-corrected chi connectivity index (χ0v) is 23.0. The van der Waals surface area contributed by atoms with Crippen LogP contribution in [0, 0.1) is 29.1 Å². The molecule has 0 spiro atoms. The summed E-state index contributed by atoms with van der Waals surface area (Å²) in [6.45, 7) is -0.0171. The van der Waals surface area contributed by atoms with Gasteiger partial charge in [-0.15, -0.1) is 0 Å². The molecule has 7 nitrogen and oxygen atoms in total. The van der Waals surface area contributed by atoms with Crippen LogP contribution in [0.5, 0.6) is 5.75 Å². The highest BCUT2D eigenvalue weighted by atomic mass is 32.2. The number of rotatable bonds is 5. The molecule has 232 valence electrons. The summed E-state index contributed by atoms with van der Waals surface area (Å²) in [5.74, 6) is -14.3. The summed E-state index contributed by atoms with van der Waals surface area (Å²) in [5.41, 5.74) is 0.503. The van der Waals surface area contributed by atoms with E-state index >= 15 is 0 Å². The maximum atomic E-state index is 14.1. The summed E-state index contributed by atoms with van der Waals surface area (Å²) in [5, 5.41) is 9.56. The molecule has 0 fully saturated rings. The van der Waals surface area contributed by atoms with Crippen LogP contribution < -0.4 is 4.18 Å². The number of hydrogen-bond donors (Lipinski definition) is 1. The second-order valence-electron chi connectivity index (χ2n) is 9.74. The van der Waals surface area contributed by atoms with E-state index in [0.717, 1.165) is 29.2 Å². The molecular formula is C28H18F8N2O5S. The van der Waals surface area contributed by atoms with Gasteiger partial charge in [-0.1, -0.05) is 18.2 Å². The fourth-order valence-electron chi connectivity index (χ4n) is 4.86. The summed E-state index contributed by atoms with van der Waals surface area (Å²) in [7, 11) is -3.69. The fourth-order valence-corrected chi connectivity index (χ4v) is 5.81. The molecule has 1 aliphatic heterocycles. The Bertz CT molecular complexity index is 1960. The minimum absolute atomic E-state index is 0.0383. The Kier molecular flexibility index (Phi) is 7.60. The first-order chi connectivity index (χ1) is 20.5. The summed E-state index contributed by atoms with van der Waals surface area (Å²) < 4.78 is 141. The molecule has 2 heterocycles. The van der Waals surface area contributed by atoms with Gasteiger partial charge in [-0.05, 0) is 47.4 Å². The molecule has 44 heavy (non-hydrogen) atoms. The number of aromatic nitrogens is 1. The number of carboxylic acid groups (broad SMARTS) is 1. The minimum atomic E-state index is -5.16. The van der Waals surface area contributed by atoms with Crippen LogP contribution in [-0.2, 0) is 23.3 Å². The zero-order chi connectivity index (χ0) is 32.3. The summed E-state index contributed by atoms with van der Waals surface area (Å²) in [6, 6.07) is 6.20. The van der Waals surface area contributed by atoms with Crippen molar-refractivity contribution in [3.63, 3.8) is 0 Å². The van der Waals surface area contributed by atoms with Crippen molar-refractivity contribution in [3.05, 3.63) is 88.9 Å². The number of aryl methyl sites for hydroxylation is 1. The van der Waals surface area contributed by atoms with Gasteiger partial charge in [0.05, 0.1) is 5.56 Å². The van der Waals surface area contributed by atoms with Crippen molar-refractivity contribution in [2.24, 2.45) is 7.05 Å². The molecule has 1 aromatic heterocycles. The zero-order valence-electron chi connectivity index (χ0n) is 22.1. The second kappa shape index (κ2) is 10.8. The SMILES string of the molecule is Cn1cc(-c2ccc(C(F)(F)F)cc2C2=CCN(C(=O)O)CC2)c2ccc(S(=O)(=O)Oc3c(F)c(F)c(F)c(F)c3F)cc21. The molecule has 16 heteroatoms. The summed E-state index contributed by atoms with van der Waals surface area (Å²) in [6.07, 6.45) is -2.77. The lowest BCUT2D eigenvalue weighted by atomic mass is 9.89. The molecule has 0 saturated carbocycles. The Morgan fingerprint density at radius 3 is 2.09 bits per heavy atom. The Balaban J connectivity index is 1.60. The molecule has 5 rings (SSSR count). The molecule has 1 amide bonds. The number of fused-ring (bicyclic) bond motifs is 1. The highest BCUT2D eigenvalue weighted by molar-refractivity contribution is 7.87. The van der Waals surface area contributed by atoms with Gasteiger partial charge in [-0.2, -0.15) is 30.4 Å². The van der Waals surface area contributed by atoms with Crippen LogP contribution in [0.25, 0.3) is 27.6 Å².